The fourth-order valence-electron chi connectivity index (χ4n) is 1.89. The molecule has 1 amide bonds. The van der Waals surface area contributed by atoms with E-state index < -0.39 is 0 Å². The van der Waals surface area contributed by atoms with Crippen molar-refractivity contribution in [2.45, 2.75) is 40.7 Å². The van der Waals surface area contributed by atoms with Crippen LogP contribution in [0.2, 0.25) is 0 Å². The summed E-state index contributed by atoms with van der Waals surface area (Å²) in [5.74, 6) is -0.0815. The van der Waals surface area contributed by atoms with Crippen LogP contribution in [0.4, 0.5) is 10.8 Å². The Balaban J connectivity index is 2.00. The third-order valence-corrected chi connectivity index (χ3v) is 4.53. The highest BCUT2D eigenvalue weighted by molar-refractivity contribution is 7.15. The zero-order chi connectivity index (χ0) is 15.6. The summed E-state index contributed by atoms with van der Waals surface area (Å²) in [5, 5.41) is 6.73. The van der Waals surface area contributed by atoms with Crippen molar-refractivity contribution in [3.05, 3.63) is 39.9 Å². The molecule has 0 saturated heterocycles. The number of benzene rings is 1. The van der Waals surface area contributed by atoms with Gasteiger partial charge in [-0.15, -0.1) is 11.3 Å². The van der Waals surface area contributed by atoms with Crippen LogP contribution in [0.25, 0.3) is 0 Å². The Morgan fingerprint density at radius 2 is 1.90 bits per heavy atom. The SMILES string of the molecule is Cc1ccc(NC(C)C(=O)Nc2nc(C)c(C)s2)cc1C. The number of anilines is 2. The van der Waals surface area contributed by atoms with E-state index in [0.29, 0.717) is 5.13 Å². The summed E-state index contributed by atoms with van der Waals surface area (Å²) in [6.45, 7) is 9.92. The van der Waals surface area contributed by atoms with Crippen LogP contribution in [0.5, 0.6) is 0 Å². The number of hydrogen-bond acceptors (Lipinski definition) is 4. The first kappa shape index (κ1) is 15.5. The van der Waals surface area contributed by atoms with Crippen LogP contribution in [0, 0.1) is 27.7 Å². The fourth-order valence-corrected chi connectivity index (χ4v) is 2.70. The third kappa shape index (κ3) is 3.82. The Hall–Kier alpha value is -1.88. The van der Waals surface area contributed by atoms with Crippen LogP contribution in [0.15, 0.2) is 18.2 Å². The smallest absolute Gasteiger partial charge is 0.248 e. The van der Waals surface area contributed by atoms with Gasteiger partial charge in [0, 0.05) is 10.6 Å². The predicted octanol–water partition coefficient (Wildman–Crippen LogP) is 3.82. The van der Waals surface area contributed by atoms with E-state index in [9.17, 15) is 4.79 Å². The molecule has 21 heavy (non-hydrogen) atoms. The molecule has 112 valence electrons. The summed E-state index contributed by atoms with van der Waals surface area (Å²) in [6, 6.07) is 5.77. The molecule has 2 rings (SSSR count). The summed E-state index contributed by atoms with van der Waals surface area (Å²) in [6.07, 6.45) is 0. The molecule has 0 fully saturated rings. The summed E-state index contributed by atoms with van der Waals surface area (Å²) in [5.41, 5.74) is 4.36. The Morgan fingerprint density at radius 3 is 2.48 bits per heavy atom. The van der Waals surface area contributed by atoms with Crippen molar-refractivity contribution >= 4 is 28.1 Å². The monoisotopic (exact) mass is 303 g/mol. The first-order chi connectivity index (χ1) is 9.86. The van der Waals surface area contributed by atoms with Gasteiger partial charge in [-0.2, -0.15) is 0 Å². The van der Waals surface area contributed by atoms with E-state index >= 15 is 0 Å². The first-order valence-corrected chi connectivity index (χ1v) is 7.77. The molecule has 0 spiro atoms. The second-order valence-corrected chi connectivity index (χ2v) is 6.52. The number of aryl methyl sites for hydroxylation is 4. The molecule has 1 atom stereocenters. The van der Waals surface area contributed by atoms with E-state index in [4.69, 9.17) is 0 Å². The maximum Gasteiger partial charge on any atom is 0.248 e. The van der Waals surface area contributed by atoms with Gasteiger partial charge in [-0.1, -0.05) is 6.07 Å². The van der Waals surface area contributed by atoms with E-state index in [1.54, 1.807) is 0 Å². The molecule has 2 N–H and O–H groups in total. The Morgan fingerprint density at radius 1 is 1.19 bits per heavy atom. The molecular formula is C16H21N3OS. The van der Waals surface area contributed by atoms with Gasteiger partial charge in [0.1, 0.15) is 6.04 Å². The van der Waals surface area contributed by atoms with E-state index in [1.807, 2.05) is 26.8 Å². The van der Waals surface area contributed by atoms with Gasteiger partial charge in [0.05, 0.1) is 5.69 Å². The zero-order valence-electron chi connectivity index (χ0n) is 13.1. The number of amides is 1. The summed E-state index contributed by atoms with van der Waals surface area (Å²) >= 11 is 1.50. The van der Waals surface area contributed by atoms with Gasteiger partial charge in [0.15, 0.2) is 5.13 Å². The minimum Gasteiger partial charge on any atom is -0.374 e. The Kier molecular flexibility index (Phi) is 4.63. The minimum atomic E-state index is -0.323. The van der Waals surface area contributed by atoms with Crippen molar-refractivity contribution < 1.29 is 4.79 Å². The molecule has 1 aromatic heterocycles. The maximum absolute atomic E-state index is 12.2. The second-order valence-electron chi connectivity index (χ2n) is 5.31. The standard InChI is InChI=1S/C16H21N3OS/c1-9-6-7-14(8-10(9)2)17-12(4)15(20)19-16-18-11(3)13(5)21-16/h6-8,12,17H,1-5H3,(H,18,19,20). The first-order valence-electron chi connectivity index (χ1n) is 6.95. The fraction of sp³-hybridized carbons (Fsp3) is 0.375. The average molecular weight is 303 g/mol. The number of carbonyl (C=O) groups excluding carboxylic acids is 1. The van der Waals surface area contributed by atoms with Gasteiger partial charge >= 0.3 is 0 Å². The highest BCUT2D eigenvalue weighted by Gasteiger charge is 2.15. The lowest BCUT2D eigenvalue weighted by atomic mass is 10.1. The number of carbonyl (C=O) groups is 1. The lowest BCUT2D eigenvalue weighted by Crippen LogP contribution is -2.31. The van der Waals surface area contributed by atoms with Crippen molar-refractivity contribution in [2.24, 2.45) is 0 Å². The van der Waals surface area contributed by atoms with Crippen molar-refractivity contribution in [3.8, 4) is 0 Å². The summed E-state index contributed by atoms with van der Waals surface area (Å²) in [4.78, 5) is 17.6. The topological polar surface area (TPSA) is 54.0 Å². The molecule has 0 saturated carbocycles. The molecule has 0 bridgehead atoms. The molecule has 5 heteroatoms. The molecular weight excluding hydrogens is 282 g/mol. The molecule has 2 aromatic rings. The molecule has 1 unspecified atom stereocenters. The Bertz CT molecular complexity index is 644. The van der Waals surface area contributed by atoms with Gasteiger partial charge in [-0.3, -0.25) is 4.79 Å². The van der Waals surface area contributed by atoms with Crippen LogP contribution in [0.1, 0.15) is 28.6 Å². The number of aromatic nitrogens is 1. The van der Waals surface area contributed by atoms with Crippen molar-refractivity contribution in [1.82, 2.24) is 4.98 Å². The molecule has 0 radical (unpaired) electrons. The van der Waals surface area contributed by atoms with Gasteiger partial charge in [-0.25, -0.2) is 4.98 Å². The number of hydrogen-bond donors (Lipinski definition) is 2. The zero-order valence-corrected chi connectivity index (χ0v) is 13.9. The van der Waals surface area contributed by atoms with Gasteiger partial charge in [-0.05, 0) is 57.9 Å². The highest BCUT2D eigenvalue weighted by atomic mass is 32.1. The second kappa shape index (κ2) is 6.26. The number of thiazole rings is 1. The number of nitrogens with zero attached hydrogens (tertiary/aromatic N) is 1. The maximum atomic E-state index is 12.2. The molecule has 1 aromatic carbocycles. The molecule has 0 aliphatic heterocycles. The third-order valence-electron chi connectivity index (χ3n) is 3.54. The van der Waals surface area contributed by atoms with E-state index in [2.05, 4.69) is 41.6 Å². The minimum absolute atomic E-state index is 0.0815. The van der Waals surface area contributed by atoms with Crippen LogP contribution in [-0.4, -0.2) is 16.9 Å². The average Bonchev–Trinajstić information content (AvgIpc) is 2.72. The van der Waals surface area contributed by atoms with Crippen LogP contribution < -0.4 is 10.6 Å². The largest absolute Gasteiger partial charge is 0.374 e. The summed E-state index contributed by atoms with van der Waals surface area (Å²) in [7, 11) is 0. The Labute approximate surface area is 129 Å². The van der Waals surface area contributed by atoms with Crippen LogP contribution in [-0.2, 0) is 4.79 Å². The van der Waals surface area contributed by atoms with Crippen LogP contribution >= 0.6 is 11.3 Å². The quantitative estimate of drug-likeness (QED) is 0.903. The van der Waals surface area contributed by atoms with E-state index in [-0.39, 0.29) is 11.9 Å². The number of nitrogens with one attached hydrogen (secondary N) is 2. The predicted molar refractivity (Wildman–Crippen MR) is 89.2 cm³/mol. The van der Waals surface area contributed by atoms with E-state index in [0.717, 1.165) is 16.3 Å². The lowest BCUT2D eigenvalue weighted by Gasteiger charge is -2.15. The van der Waals surface area contributed by atoms with Crippen molar-refractivity contribution in [3.63, 3.8) is 0 Å². The van der Waals surface area contributed by atoms with Gasteiger partial charge in [0.2, 0.25) is 5.91 Å². The molecule has 1 heterocycles. The molecule has 0 aliphatic carbocycles. The van der Waals surface area contributed by atoms with Gasteiger partial charge in [0.25, 0.3) is 0 Å². The number of rotatable bonds is 4. The summed E-state index contributed by atoms with van der Waals surface area (Å²) < 4.78 is 0. The lowest BCUT2D eigenvalue weighted by molar-refractivity contribution is -0.116. The van der Waals surface area contributed by atoms with Crippen molar-refractivity contribution in [2.75, 3.05) is 10.6 Å². The van der Waals surface area contributed by atoms with Crippen LogP contribution in [0.3, 0.4) is 0 Å². The molecule has 0 aliphatic rings. The highest BCUT2D eigenvalue weighted by Crippen LogP contribution is 2.21. The van der Waals surface area contributed by atoms with Gasteiger partial charge < -0.3 is 10.6 Å². The molecule has 4 nitrogen and oxygen atoms in total. The van der Waals surface area contributed by atoms with Crippen molar-refractivity contribution in [1.29, 1.82) is 0 Å². The van der Waals surface area contributed by atoms with E-state index in [1.165, 1.54) is 22.5 Å². The normalized spacial score (nSPS) is 12.0.